The van der Waals surface area contributed by atoms with Gasteiger partial charge in [0.05, 0.1) is 15.3 Å². The molecule has 31 heavy (non-hydrogen) atoms. The van der Waals surface area contributed by atoms with Gasteiger partial charge in [0.1, 0.15) is 0 Å². The molecule has 3 rings (SSSR count). The number of hydrogen-bond donors (Lipinski definition) is 1. The van der Waals surface area contributed by atoms with E-state index in [9.17, 15) is 4.79 Å². The van der Waals surface area contributed by atoms with E-state index in [1.807, 2.05) is 11.5 Å². The summed E-state index contributed by atoms with van der Waals surface area (Å²) < 4.78 is 2.01. The summed E-state index contributed by atoms with van der Waals surface area (Å²) in [4.78, 5) is 16.7. The fourth-order valence-corrected chi connectivity index (χ4v) is 4.27. The second kappa shape index (κ2) is 9.59. The highest BCUT2D eigenvalue weighted by molar-refractivity contribution is 8.00. The van der Waals surface area contributed by atoms with Crippen LogP contribution in [0.1, 0.15) is 40.2 Å². The molecule has 0 saturated heterocycles. The summed E-state index contributed by atoms with van der Waals surface area (Å²) in [5, 5.41) is 12.4. The summed E-state index contributed by atoms with van der Waals surface area (Å²) in [7, 11) is 0. The van der Waals surface area contributed by atoms with Crippen molar-refractivity contribution >= 4 is 46.7 Å². The van der Waals surface area contributed by atoms with Crippen LogP contribution in [0.15, 0.2) is 41.7 Å². The van der Waals surface area contributed by atoms with E-state index in [0.717, 1.165) is 11.4 Å². The maximum Gasteiger partial charge on any atom is 0.238 e. The minimum absolute atomic E-state index is 0.0859. The maximum absolute atomic E-state index is 12.6. The van der Waals surface area contributed by atoms with Crippen molar-refractivity contribution in [2.75, 3.05) is 5.32 Å². The van der Waals surface area contributed by atoms with Crippen LogP contribution in [0.3, 0.4) is 0 Å². The molecule has 1 atom stereocenters. The molecular formula is C22H25Cl2N5OS. The molecule has 1 unspecified atom stereocenters. The van der Waals surface area contributed by atoms with E-state index < -0.39 is 5.25 Å². The molecular weight excluding hydrogens is 453 g/mol. The predicted octanol–water partition coefficient (Wildman–Crippen LogP) is 6.08. The lowest BCUT2D eigenvalue weighted by Crippen LogP contribution is -2.23. The van der Waals surface area contributed by atoms with Crippen LogP contribution < -0.4 is 5.32 Å². The van der Waals surface area contributed by atoms with Crippen molar-refractivity contribution in [2.24, 2.45) is 0 Å². The zero-order valence-electron chi connectivity index (χ0n) is 18.1. The average molecular weight is 478 g/mol. The summed E-state index contributed by atoms with van der Waals surface area (Å²) in [6.07, 6.45) is 1.44. The number of pyridine rings is 1. The number of amides is 1. The number of carbonyl (C=O) groups is 1. The van der Waals surface area contributed by atoms with Gasteiger partial charge in [0.25, 0.3) is 0 Å². The van der Waals surface area contributed by atoms with Gasteiger partial charge in [0, 0.05) is 18.3 Å². The Balaban J connectivity index is 1.76. The molecule has 0 radical (unpaired) electrons. The highest BCUT2D eigenvalue weighted by atomic mass is 35.5. The van der Waals surface area contributed by atoms with E-state index in [1.165, 1.54) is 29.6 Å². The number of halogens is 2. The van der Waals surface area contributed by atoms with Crippen LogP contribution in [0.25, 0.3) is 11.4 Å². The zero-order valence-corrected chi connectivity index (χ0v) is 20.4. The Labute approximate surface area is 196 Å². The van der Waals surface area contributed by atoms with E-state index in [-0.39, 0.29) is 22.2 Å². The van der Waals surface area contributed by atoms with E-state index in [0.29, 0.717) is 16.7 Å². The molecule has 1 amide bonds. The van der Waals surface area contributed by atoms with Crippen molar-refractivity contribution in [3.8, 4) is 11.4 Å². The second-order valence-corrected chi connectivity index (χ2v) is 10.3. The van der Waals surface area contributed by atoms with Crippen molar-refractivity contribution < 1.29 is 4.79 Å². The normalized spacial score (nSPS) is 12.6. The summed E-state index contributed by atoms with van der Waals surface area (Å²) >= 11 is 13.3. The van der Waals surface area contributed by atoms with Crippen molar-refractivity contribution in [3.05, 3.63) is 52.1 Å². The van der Waals surface area contributed by atoms with Gasteiger partial charge in [-0.05, 0) is 30.9 Å². The Morgan fingerprint density at radius 2 is 1.87 bits per heavy atom. The molecule has 6 nitrogen and oxygen atoms in total. The highest BCUT2D eigenvalue weighted by Gasteiger charge is 2.22. The van der Waals surface area contributed by atoms with Gasteiger partial charge in [0.15, 0.2) is 16.8 Å². The predicted molar refractivity (Wildman–Crippen MR) is 128 cm³/mol. The van der Waals surface area contributed by atoms with Gasteiger partial charge in [0.2, 0.25) is 5.91 Å². The highest BCUT2D eigenvalue weighted by Crippen LogP contribution is 2.30. The topological polar surface area (TPSA) is 72.7 Å². The van der Waals surface area contributed by atoms with Crippen molar-refractivity contribution in [1.82, 2.24) is 19.7 Å². The molecule has 3 aromatic rings. The lowest BCUT2D eigenvalue weighted by molar-refractivity contribution is -0.115. The lowest BCUT2D eigenvalue weighted by Gasteiger charge is -2.19. The van der Waals surface area contributed by atoms with Gasteiger partial charge in [-0.2, -0.15) is 0 Å². The van der Waals surface area contributed by atoms with Crippen LogP contribution >= 0.6 is 35.0 Å². The molecule has 0 saturated carbocycles. The number of nitrogens with zero attached hydrogens (tertiary/aromatic N) is 4. The van der Waals surface area contributed by atoms with Crippen molar-refractivity contribution in [1.29, 1.82) is 0 Å². The smallest absolute Gasteiger partial charge is 0.238 e. The van der Waals surface area contributed by atoms with Gasteiger partial charge in [-0.1, -0.05) is 80.0 Å². The minimum atomic E-state index is -0.431. The minimum Gasteiger partial charge on any atom is -0.308 e. The SMILES string of the molecule is CCn1c(SC(C)C(=O)Nc2ncc(Cl)cc2Cl)nnc1-c1ccc(C(C)(C)C)cc1. The largest absolute Gasteiger partial charge is 0.308 e. The molecule has 9 heteroatoms. The molecule has 2 heterocycles. The van der Waals surface area contributed by atoms with Gasteiger partial charge in [-0.3, -0.25) is 4.79 Å². The molecule has 0 aliphatic heterocycles. The molecule has 0 aliphatic rings. The molecule has 0 spiro atoms. The Hall–Kier alpha value is -2.09. The van der Waals surface area contributed by atoms with Crippen molar-refractivity contribution in [2.45, 2.75) is 57.0 Å². The van der Waals surface area contributed by atoms with E-state index in [1.54, 1.807) is 6.92 Å². The van der Waals surface area contributed by atoms with Crippen LogP contribution in [-0.2, 0) is 16.8 Å². The summed E-state index contributed by atoms with van der Waals surface area (Å²) in [6, 6.07) is 9.91. The number of aromatic nitrogens is 4. The van der Waals surface area contributed by atoms with Crippen LogP contribution in [0, 0.1) is 0 Å². The molecule has 164 valence electrons. The molecule has 0 bridgehead atoms. The number of rotatable bonds is 6. The van der Waals surface area contributed by atoms with Crippen LogP contribution in [0.4, 0.5) is 5.82 Å². The number of hydrogen-bond acceptors (Lipinski definition) is 5. The first kappa shape index (κ1) is 23.6. The number of thioether (sulfide) groups is 1. The quantitative estimate of drug-likeness (QED) is 0.435. The summed E-state index contributed by atoms with van der Waals surface area (Å²) in [5.41, 5.74) is 2.33. The standard InChI is InChI=1S/C22H25Cl2N5OS/c1-6-29-19(14-7-9-15(10-8-14)22(3,4)5)27-28-21(29)31-13(2)20(30)26-18-17(24)11-16(23)12-25-18/h7-13H,6H2,1-5H3,(H,25,26,30). The number of benzene rings is 1. The van der Waals surface area contributed by atoms with Gasteiger partial charge < -0.3 is 9.88 Å². The fraction of sp³-hybridized carbons (Fsp3) is 0.364. The number of nitrogens with one attached hydrogen (secondary N) is 1. The first-order valence-corrected chi connectivity index (χ1v) is 11.6. The Kier molecular flexibility index (Phi) is 7.29. The summed E-state index contributed by atoms with van der Waals surface area (Å²) in [6.45, 7) is 11.1. The molecule has 2 aromatic heterocycles. The zero-order chi connectivity index (χ0) is 22.8. The van der Waals surface area contributed by atoms with E-state index >= 15 is 0 Å². The second-order valence-electron chi connectivity index (χ2n) is 8.11. The fourth-order valence-electron chi connectivity index (χ4n) is 2.93. The van der Waals surface area contributed by atoms with Gasteiger partial charge in [-0.25, -0.2) is 4.98 Å². The molecule has 1 aromatic carbocycles. The Bertz CT molecular complexity index is 1080. The lowest BCUT2D eigenvalue weighted by atomic mass is 9.87. The van der Waals surface area contributed by atoms with Crippen LogP contribution in [0.5, 0.6) is 0 Å². The van der Waals surface area contributed by atoms with Crippen LogP contribution in [0.2, 0.25) is 10.0 Å². The monoisotopic (exact) mass is 477 g/mol. The Morgan fingerprint density at radius 3 is 2.45 bits per heavy atom. The maximum atomic E-state index is 12.6. The number of carbonyl (C=O) groups excluding carboxylic acids is 1. The third-order valence-electron chi connectivity index (χ3n) is 4.74. The first-order chi connectivity index (χ1) is 14.6. The Morgan fingerprint density at radius 1 is 1.19 bits per heavy atom. The summed E-state index contributed by atoms with van der Waals surface area (Å²) in [5.74, 6) is 0.823. The van der Waals surface area contributed by atoms with E-state index in [4.69, 9.17) is 23.2 Å². The third kappa shape index (κ3) is 5.59. The van der Waals surface area contributed by atoms with Crippen molar-refractivity contribution in [3.63, 3.8) is 0 Å². The number of anilines is 1. The van der Waals surface area contributed by atoms with Gasteiger partial charge in [-0.15, -0.1) is 10.2 Å². The molecule has 1 N–H and O–H groups in total. The average Bonchev–Trinajstić information content (AvgIpc) is 3.11. The molecule has 0 fully saturated rings. The van der Waals surface area contributed by atoms with Crippen LogP contribution in [-0.4, -0.2) is 30.9 Å². The van der Waals surface area contributed by atoms with Gasteiger partial charge >= 0.3 is 0 Å². The van der Waals surface area contributed by atoms with E-state index in [2.05, 4.69) is 65.5 Å². The molecule has 0 aliphatic carbocycles. The first-order valence-electron chi connectivity index (χ1n) is 9.92. The third-order valence-corrected chi connectivity index (χ3v) is 6.32.